The number of aromatic nitrogens is 2. The predicted octanol–water partition coefficient (Wildman–Crippen LogP) is 0.333. The molecule has 0 spiro atoms. The highest BCUT2D eigenvalue weighted by molar-refractivity contribution is 5.93. The fraction of sp³-hybridized carbons (Fsp3) is 0.200. The summed E-state index contributed by atoms with van der Waals surface area (Å²) in [5, 5.41) is 14.7. The van der Waals surface area contributed by atoms with Crippen molar-refractivity contribution in [3.8, 4) is 0 Å². The normalized spacial score (nSPS) is 10.2. The number of carboxylic acid groups (broad SMARTS) is 1. The summed E-state index contributed by atoms with van der Waals surface area (Å²) >= 11 is 0. The van der Waals surface area contributed by atoms with Crippen molar-refractivity contribution in [2.24, 2.45) is 0 Å². The number of rotatable bonds is 5. The Balaban J connectivity index is 1.85. The van der Waals surface area contributed by atoms with Gasteiger partial charge in [0.2, 0.25) is 12.2 Å². The number of carboxylic acids is 1. The van der Waals surface area contributed by atoms with Gasteiger partial charge in [0, 0.05) is 13.0 Å². The maximum Gasteiger partial charge on any atom is 0.371 e. The molecule has 2 rings (SSSR count). The van der Waals surface area contributed by atoms with Gasteiger partial charge in [-0.25, -0.2) is 4.79 Å². The number of hydrogen-bond donors (Lipinski definition) is 2. The number of carbonyl (C=O) groups excluding carboxylic acids is 1. The smallest absolute Gasteiger partial charge is 0.371 e. The van der Waals surface area contributed by atoms with Crippen molar-refractivity contribution in [3.63, 3.8) is 0 Å². The number of aromatic carboxylic acids is 1. The molecule has 18 heavy (non-hydrogen) atoms. The summed E-state index contributed by atoms with van der Waals surface area (Å²) in [6.07, 6.45) is 1.61. The van der Waals surface area contributed by atoms with Gasteiger partial charge in [0.15, 0.2) is 11.6 Å². The van der Waals surface area contributed by atoms with Crippen LogP contribution in [0.5, 0.6) is 0 Å². The number of nitrogens with one attached hydrogen (secondary N) is 1. The lowest BCUT2D eigenvalue weighted by Crippen LogP contribution is -2.25. The highest BCUT2D eigenvalue weighted by Gasteiger charge is 2.14. The zero-order valence-corrected chi connectivity index (χ0v) is 9.12. The van der Waals surface area contributed by atoms with E-state index in [-0.39, 0.29) is 11.5 Å². The lowest BCUT2D eigenvalue weighted by molar-refractivity contribution is 0.0659. The molecule has 0 fully saturated rings. The van der Waals surface area contributed by atoms with E-state index >= 15 is 0 Å². The average molecular weight is 251 g/mol. The first-order valence-electron chi connectivity index (χ1n) is 5.03. The molecule has 0 radical (unpaired) electrons. The van der Waals surface area contributed by atoms with Gasteiger partial charge in [-0.3, -0.25) is 4.79 Å². The van der Waals surface area contributed by atoms with Crippen LogP contribution in [0.1, 0.15) is 26.9 Å². The molecule has 0 aliphatic rings. The molecule has 0 aromatic carbocycles. The van der Waals surface area contributed by atoms with Gasteiger partial charge in [-0.05, 0) is 12.1 Å². The van der Waals surface area contributed by atoms with E-state index in [1.165, 1.54) is 18.5 Å². The number of hydrogen-bond acceptors (Lipinski definition) is 6. The Morgan fingerprint density at radius 2 is 2.11 bits per heavy atom. The quantitative estimate of drug-likeness (QED) is 0.785. The largest absolute Gasteiger partial charge is 0.475 e. The molecule has 94 valence electrons. The maximum atomic E-state index is 11.5. The van der Waals surface area contributed by atoms with E-state index < -0.39 is 11.9 Å². The van der Waals surface area contributed by atoms with Crippen LogP contribution in [0.3, 0.4) is 0 Å². The third-order valence-corrected chi connectivity index (χ3v) is 2.08. The van der Waals surface area contributed by atoms with Gasteiger partial charge in [-0.2, -0.15) is 4.98 Å². The highest BCUT2D eigenvalue weighted by Crippen LogP contribution is 2.07. The Morgan fingerprint density at radius 1 is 1.33 bits per heavy atom. The molecule has 8 heteroatoms. The van der Waals surface area contributed by atoms with Crippen LogP contribution in [0.4, 0.5) is 0 Å². The third kappa shape index (κ3) is 2.73. The molecule has 0 atom stereocenters. The molecular weight excluding hydrogens is 242 g/mol. The van der Waals surface area contributed by atoms with Crippen molar-refractivity contribution >= 4 is 11.9 Å². The van der Waals surface area contributed by atoms with Gasteiger partial charge in [0.25, 0.3) is 5.91 Å². The summed E-state index contributed by atoms with van der Waals surface area (Å²) in [7, 11) is 0. The van der Waals surface area contributed by atoms with E-state index in [4.69, 9.17) is 9.52 Å². The minimum absolute atomic E-state index is 0.0551. The molecule has 0 saturated carbocycles. The van der Waals surface area contributed by atoms with Crippen molar-refractivity contribution in [2.45, 2.75) is 6.42 Å². The van der Waals surface area contributed by atoms with Crippen LogP contribution in [0, 0.1) is 0 Å². The molecule has 0 aliphatic heterocycles. The van der Waals surface area contributed by atoms with E-state index in [9.17, 15) is 9.59 Å². The van der Waals surface area contributed by atoms with Crippen LogP contribution in [0.2, 0.25) is 0 Å². The molecular formula is C10H9N3O5. The first-order chi connectivity index (χ1) is 8.66. The van der Waals surface area contributed by atoms with Gasteiger partial charge >= 0.3 is 5.97 Å². The Kier molecular flexibility index (Phi) is 3.37. The second-order valence-corrected chi connectivity index (χ2v) is 3.32. The summed E-state index contributed by atoms with van der Waals surface area (Å²) in [5.74, 6) is -1.58. The van der Waals surface area contributed by atoms with Crippen LogP contribution < -0.4 is 5.32 Å². The molecule has 8 nitrogen and oxygen atoms in total. The minimum Gasteiger partial charge on any atom is -0.475 e. The van der Waals surface area contributed by atoms with E-state index in [1.807, 2.05) is 0 Å². The topological polar surface area (TPSA) is 118 Å². The molecule has 1 amide bonds. The van der Waals surface area contributed by atoms with Crippen molar-refractivity contribution in [2.75, 3.05) is 6.54 Å². The van der Waals surface area contributed by atoms with E-state index in [1.54, 1.807) is 0 Å². The first kappa shape index (κ1) is 11.8. The average Bonchev–Trinajstić information content (AvgIpc) is 2.99. The zero-order valence-electron chi connectivity index (χ0n) is 9.12. The van der Waals surface area contributed by atoms with Crippen molar-refractivity contribution in [3.05, 3.63) is 35.9 Å². The molecule has 2 aromatic heterocycles. The SMILES string of the molecule is O=C(O)c1ccc(C(=O)NCCc2ncon2)o1. The van der Waals surface area contributed by atoms with Crippen LogP contribution in [-0.2, 0) is 6.42 Å². The summed E-state index contributed by atoms with van der Waals surface area (Å²) in [4.78, 5) is 25.9. The Hall–Kier alpha value is -2.64. The van der Waals surface area contributed by atoms with Crippen molar-refractivity contribution in [1.82, 2.24) is 15.5 Å². The van der Waals surface area contributed by atoms with Crippen LogP contribution in [0.25, 0.3) is 0 Å². The monoisotopic (exact) mass is 251 g/mol. The van der Waals surface area contributed by atoms with E-state index in [0.29, 0.717) is 18.8 Å². The Morgan fingerprint density at radius 3 is 2.72 bits per heavy atom. The van der Waals surface area contributed by atoms with E-state index in [0.717, 1.165) is 0 Å². The molecule has 0 saturated heterocycles. The van der Waals surface area contributed by atoms with Gasteiger partial charge in [-0.1, -0.05) is 5.16 Å². The second kappa shape index (κ2) is 5.13. The lowest BCUT2D eigenvalue weighted by Gasteiger charge is -1.99. The predicted molar refractivity (Wildman–Crippen MR) is 56.0 cm³/mol. The molecule has 2 heterocycles. The van der Waals surface area contributed by atoms with Crippen LogP contribution >= 0.6 is 0 Å². The third-order valence-electron chi connectivity index (χ3n) is 2.08. The summed E-state index contributed by atoms with van der Waals surface area (Å²) in [6, 6.07) is 2.52. The standard InChI is InChI=1S/C10H9N3O5/c14-9(6-1-2-7(18-6)10(15)16)11-4-3-8-12-5-17-13-8/h1-2,5H,3-4H2,(H,11,14)(H,15,16). The highest BCUT2D eigenvalue weighted by atomic mass is 16.5. The maximum absolute atomic E-state index is 11.5. The van der Waals surface area contributed by atoms with Gasteiger partial charge < -0.3 is 19.4 Å². The number of carbonyl (C=O) groups is 2. The molecule has 0 aliphatic carbocycles. The Labute approximate surface area is 101 Å². The molecule has 0 unspecified atom stereocenters. The van der Waals surface area contributed by atoms with Crippen LogP contribution in [-0.4, -0.2) is 33.7 Å². The summed E-state index contributed by atoms with van der Waals surface area (Å²) in [6.45, 7) is 0.293. The van der Waals surface area contributed by atoms with E-state index in [2.05, 4.69) is 20.0 Å². The van der Waals surface area contributed by atoms with Gasteiger partial charge in [-0.15, -0.1) is 0 Å². The second-order valence-electron chi connectivity index (χ2n) is 3.32. The fourth-order valence-corrected chi connectivity index (χ4v) is 1.25. The summed E-state index contributed by atoms with van der Waals surface area (Å²) < 4.78 is 9.36. The summed E-state index contributed by atoms with van der Waals surface area (Å²) in [5.41, 5.74) is 0. The molecule has 0 bridgehead atoms. The molecule has 2 aromatic rings. The minimum atomic E-state index is -1.22. The Bertz CT molecular complexity index is 546. The van der Waals surface area contributed by atoms with Gasteiger partial charge in [0.05, 0.1) is 0 Å². The van der Waals surface area contributed by atoms with Crippen molar-refractivity contribution < 1.29 is 23.6 Å². The van der Waals surface area contributed by atoms with Crippen LogP contribution in [0.15, 0.2) is 27.5 Å². The van der Waals surface area contributed by atoms with Gasteiger partial charge in [0.1, 0.15) is 0 Å². The molecule has 2 N–H and O–H groups in total. The fourth-order valence-electron chi connectivity index (χ4n) is 1.25. The number of amides is 1. The zero-order chi connectivity index (χ0) is 13.0. The number of furan rings is 1. The number of nitrogens with zero attached hydrogens (tertiary/aromatic N) is 2. The van der Waals surface area contributed by atoms with Crippen molar-refractivity contribution in [1.29, 1.82) is 0 Å². The lowest BCUT2D eigenvalue weighted by atomic mass is 10.3. The first-order valence-corrected chi connectivity index (χ1v) is 5.03.